The van der Waals surface area contributed by atoms with E-state index in [4.69, 9.17) is 11.6 Å². The first-order valence-electron chi connectivity index (χ1n) is 11.2. The number of anilines is 1. The Morgan fingerprint density at radius 1 is 0.970 bits per heavy atom. The number of para-hydroxylation sites is 1. The molecule has 0 saturated carbocycles. The van der Waals surface area contributed by atoms with Crippen molar-refractivity contribution in [2.75, 3.05) is 16.9 Å². The Labute approximate surface area is 201 Å². The van der Waals surface area contributed by atoms with Crippen LogP contribution in [0.4, 0.5) is 5.69 Å². The van der Waals surface area contributed by atoms with Gasteiger partial charge in [0.25, 0.3) is 5.91 Å². The molecule has 3 heterocycles. The summed E-state index contributed by atoms with van der Waals surface area (Å²) in [6, 6.07) is 23.6. The van der Waals surface area contributed by atoms with Crippen molar-refractivity contribution in [3.05, 3.63) is 100 Å². The lowest BCUT2D eigenvalue weighted by Gasteiger charge is -2.44. The molecule has 2 fully saturated rings. The normalized spacial score (nSPS) is 31.8. The average Bonchev–Trinajstić information content (AvgIpc) is 3.54. The number of ketones is 1. The molecule has 4 atom stereocenters. The molecule has 4 aliphatic rings. The summed E-state index contributed by atoms with van der Waals surface area (Å²) in [6.07, 6.45) is 0.525. The van der Waals surface area contributed by atoms with Gasteiger partial charge in [0.1, 0.15) is 5.54 Å². The number of benzene rings is 3. The van der Waals surface area contributed by atoms with Crippen LogP contribution in [-0.2, 0) is 16.8 Å². The first kappa shape index (κ1) is 19.8. The van der Waals surface area contributed by atoms with Crippen molar-refractivity contribution < 1.29 is 9.59 Å². The summed E-state index contributed by atoms with van der Waals surface area (Å²) in [7, 11) is 0. The Morgan fingerprint density at radius 2 is 1.73 bits per heavy atom. The summed E-state index contributed by atoms with van der Waals surface area (Å²) in [4.78, 5) is 31.1. The molecular formula is C27H21ClN2O2S. The Hall–Kier alpha value is -2.60. The third kappa shape index (κ3) is 2.19. The highest BCUT2D eigenvalue weighted by atomic mass is 35.5. The lowest BCUT2D eigenvalue weighted by Crippen LogP contribution is -2.58. The van der Waals surface area contributed by atoms with E-state index in [-0.39, 0.29) is 23.7 Å². The molecule has 6 heteroatoms. The molecular weight excluding hydrogens is 452 g/mol. The number of Topliss-reactive ketones (excluding diaryl/α,β-unsaturated/α-hetero) is 1. The highest BCUT2D eigenvalue weighted by molar-refractivity contribution is 7.99. The minimum absolute atomic E-state index is 0.0325. The number of halogens is 1. The van der Waals surface area contributed by atoms with Gasteiger partial charge < -0.3 is 5.32 Å². The van der Waals surface area contributed by atoms with Crippen molar-refractivity contribution in [3.63, 3.8) is 0 Å². The van der Waals surface area contributed by atoms with Gasteiger partial charge in [-0.25, -0.2) is 0 Å². The monoisotopic (exact) mass is 472 g/mol. The molecule has 1 N–H and O–H groups in total. The zero-order chi connectivity index (χ0) is 22.4. The van der Waals surface area contributed by atoms with E-state index in [1.165, 1.54) is 0 Å². The Kier molecular flexibility index (Phi) is 4.04. The van der Waals surface area contributed by atoms with Crippen LogP contribution in [0.1, 0.15) is 33.0 Å². The maximum Gasteiger partial charge on any atom is 0.250 e. The number of hydrogen-bond donors (Lipinski definition) is 1. The summed E-state index contributed by atoms with van der Waals surface area (Å²) in [5.74, 6) is 1.34. The van der Waals surface area contributed by atoms with Gasteiger partial charge in [-0.3, -0.25) is 14.5 Å². The van der Waals surface area contributed by atoms with E-state index in [1.807, 2.05) is 84.6 Å². The van der Waals surface area contributed by atoms with E-state index in [0.717, 1.165) is 33.7 Å². The van der Waals surface area contributed by atoms with E-state index < -0.39 is 11.0 Å². The third-order valence-corrected chi connectivity index (χ3v) is 9.56. The number of fused-ring (bicyclic) bond motifs is 6. The molecule has 2 saturated heterocycles. The van der Waals surface area contributed by atoms with Gasteiger partial charge in [-0.05, 0) is 29.7 Å². The van der Waals surface area contributed by atoms with Crippen molar-refractivity contribution in [1.82, 2.24) is 4.90 Å². The minimum atomic E-state index is -1.07. The number of carbonyl (C=O) groups excluding carboxylic acids is 2. The smallest absolute Gasteiger partial charge is 0.250 e. The quantitative estimate of drug-likeness (QED) is 0.536. The number of nitrogens with one attached hydrogen (secondary N) is 1. The highest BCUT2D eigenvalue weighted by Crippen LogP contribution is 2.70. The minimum Gasteiger partial charge on any atom is -0.324 e. The Morgan fingerprint density at radius 3 is 2.58 bits per heavy atom. The molecule has 1 aliphatic carbocycles. The molecule has 33 heavy (non-hydrogen) atoms. The van der Waals surface area contributed by atoms with Crippen molar-refractivity contribution >= 4 is 40.7 Å². The topological polar surface area (TPSA) is 49.4 Å². The second-order valence-electron chi connectivity index (χ2n) is 9.38. The van der Waals surface area contributed by atoms with Gasteiger partial charge in [0.05, 0.1) is 5.41 Å². The predicted molar refractivity (Wildman–Crippen MR) is 131 cm³/mol. The van der Waals surface area contributed by atoms with Crippen LogP contribution in [0.15, 0.2) is 72.8 Å². The van der Waals surface area contributed by atoms with Crippen LogP contribution >= 0.6 is 23.4 Å². The van der Waals surface area contributed by atoms with E-state index >= 15 is 0 Å². The van der Waals surface area contributed by atoms with Crippen LogP contribution in [0.2, 0.25) is 5.02 Å². The molecule has 0 unspecified atom stereocenters. The molecule has 164 valence electrons. The molecule has 3 aromatic carbocycles. The van der Waals surface area contributed by atoms with E-state index in [9.17, 15) is 9.59 Å². The van der Waals surface area contributed by atoms with Gasteiger partial charge in [0, 0.05) is 45.4 Å². The fourth-order valence-corrected chi connectivity index (χ4v) is 8.67. The first-order chi connectivity index (χ1) is 16.1. The van der Waals surface area contributed by atoms with Gasteiger partial charge in [-0.15, -0.1) is 11.8 Å². The predicted octanol–water partition coefficient (Wildman–Crippen LogP) is 5.09. The molecule has 0 aromatic heterocycles. The Bertz CT molecular complexity index is 1360. The molecule has 0 radical (unpaired) electrons. The average molecular weight is 473 g/mol. The number of nitrogens with zero attached hydrogens (tertiary/aromatic N) is 1. The number of amides is 1. The van der Waals surface area contributed by atoms with Gasteiger partial charge in [0.15, 0.2) is 5.78 Å². The van der Waals surface area contributed by atoms with E-state index in [0.29, 0.717) is 17.3 Å². The van der Waals surface area contributed by atoms with Crippen LogP contribution in [-0.4, -0.2) is 34.3 Å². The standard InChI is InChI=1S/C27H21ClN2O2S/c28-20-11-5-3-9-18(20)23-22-14-33-15-30(22)27(19-10-4-6-12-21(19)29-25(27)32)26(23)13-16-7-1-2-8-17(16)24(26)31/h1-12,22-23H,13-15H2,(H,29,32)/t22-,23-,26-,27-/m0/s1. The summed E-state index contributed by atoms with van der Waals surface area (Å²) < 4.78 is 0. The first-order valence-corrected chi connectivity index (χ1v) is 12.8. The van der Waals surface area contributed by atoms with Crippen LogP contribution in [0, 0.1) is 5.41 Å². The summed E-state index contributed by atoms with van der Waals surface area (Å²) in [5, 5.41) is 3.81. The third-order valence-electron chi connectivity index (χ3n) is 8.18. The lowest BCUT2D eigenvalue weighted by molar-refractivity contribution is -0.130. The molecule has 7 rings (SSSR count). The van der Waals surface area contributed by atoms with Crippen molar-refractivity contribution in [3.8, 4) is 0 Å². The van der Waals surface area contributed by atoms with Crippen molar-refractivity contribution in [2.24, 2.45) is 5.41 Å². The van der Waals surface area contributed by atoms with Crippen LogP contribution < -0.4 is 5.32 Å². The summed E-state index contributed by atoms with van der Waals surface area (Å²) >= 11 is 8.64. The van der Waals surface area contributed by atoms with Gasteiger partial charge in [-0.2, -0.15) is 0 Å². The number of rotatable bonds is 1. The zero-order valence-electron chi connectivity index (χ0n) is 17.8. The summed E-state index contributed by atoms with van der Waals surface area (Å²) in [6.45, 7) is 0. The maximum atomic E-state index is 14.6. The van der Waals surface area contributed by atoms with Crippen molar-refractivity contribution in [1.29, 1.82) is 0 Å². The largest absolute Gasteiger partial charge is 0.324 e. The summed E-state index contributed by atoms with van der Waals surface area (Å²) in [5.41, 5.74) is 2.40. The second-order valence-corrected chi connectivity index (χ2v) is 10.8. The van der Waals surface area contributed by atoms with Crippen molar-refractivity contribution in [2.45, 2.75) is 23.9 Å². The van der Waals surface area contributed by atoms with Crippen LogP contribution in [0.3, 0.4) is 0 Å². The molecule has 1 amide bonds. The molecule has 2 spiro atoms. The molecule has 3 aromatic rings. The maximum absolute atomic E-state index is 14.6. The number of thioether (sulfide) groups is 1. The number of carbonyl (C=O) groups is 2. The fourth-order valence-electron chi connectivity index (χ4n) is 7.12. The van der Waals surface area contributed by atoms with E-state index in [1.54, 1.807) is 0 Å². The number of hydrogen-bond acceptors (Lipinski definition) is 4. The van der Waals surface area contributed by atoms with E-state index in [2.05, 4.69) is 10.2 Å². The van der Waals surface area contributed by atoms with Gasteiger partial charge in [0.2, 0.25) is 0 Å². The zero-order valence-corrected chi connectivity index (χ0v) is 19.3. The van der Waals surface area contributed by atoms with Crippen LogP contribution in [0.25, 0.3) is 0 Å². The van der Waals surface area contributed by atoms with Crippen LogP contribution in [0.5, 0.6) is 0 Å². The SMILES string of the molecule is O=C1Nc2ccccc2[C@]12N1CSC[C@H]1[C@H](c1ccccc1Cl)[C@]21Cc2ccccc2C1=O. The Balaban J connectivity index is 1.60. The van der Waals surface area contributed by atoms with Gasteiger partial charge >= 0.3 is 0 Å². The molecule has 4 nitrogen and oxygen atoms in total. The fraction of sp³-hybridized carbons (Fsp3) is 0.259. The lowest BCUT2D eigenvalue weighted by atomic mass is 9.58. The second kappa shape index (κ2) is 6.72. The highest BCUT2D eigenvalue weighted by Gasteiger charge is 2.79. The molecule has 0 bridgehead atoms. The molecule has 3 aliphatic heterocycles. The van der Waals surface area contributed by atoms with Gasteiger partial charge in [-0.1, -0.05) is 72.3 Å².